The van der Waals surface area contributed by atoms with E-state index in [0.717, 1.165) is 22.9 Å². The van der Waals surface area contributed by atoms with E-state index in [4.69, 9.17) is 4.74 Å². The highest BCUT2D eigenvalue weighted by Crippen LogP contribution is 2.22. The molecule has 0 bridgehead atoms. The lowest BCUT2D eigenvalue weighted by Gasteiger charge is -2.26. The summed E-state index contributed by atoms with van der Waals surface area (Å²) in [5, 5.41) is 6.23. The molecule has 2 atom stereocenters. The number of nitrogens with zero attached hydrogens (tertiary/aromatic N) is 1. The second-order valence-electron chi connectivity index (χ2n) is 5.27. The molecule has 1 aliphatic rings. The number of rotatable bonds is 6. The highest BCUT2D eigenvalue weighted by molar-refractivity contribution is 7.99. The van der Waals surface area contributed by atoms with Crippen LogP contribution in [0.15, 0.2) is 24.3 Å². The van der Waals surface area contributed by atoms with Crippen molar-refractivity contribution in [1.82, 2.24) is 15.5 Å². The van der Waals surface area contributed by atoms with Crippen LogP contribution in [0.1, 0.15) is 11.6 Å². The highest BCUT2D eigenvalue weighted by atomic mass is 35.5. The number of hydrogen-bond donors (Lipinski definition) is 2. The highest BCUT2D eigenvalue weighted by Gasteiger charge is 2.23. The van der Waals surface area contributed by atoms with Crippen LogP contribution in [0, 0.1) is 0 Å². The number of ether oxygens (including phenoxy) is 1. The summed E-state index contributed by atoms with van der Waals surface area (Å²) in [6, 6.07) is 8.03. The van der Waals surface area contributed by atoms with E-state index in [1.165, 1.54) is 0 Å². The number of thioether (sulfide) groups is 1. The minimum atomic E-state index is -0.0666. The fraction of sp³-hybridized carbons (Fsp3) is 0.533. The molecule has 2 N–H and O–H groups in total. The van der Waals surface area contributed by atoms with E-state index in [1.807, 2.05) is 32.3 Å². The lowest BCUT2D eigenvalue weighted by Crippen LogP contribution is -2.44. The van der Waals surface area contributed by atoms with Gasteiger partial charge in [-0.2, -0.15) is 0 Å². The molecule has 1 aromatic rings. The Bertz CT molecular complexity index is 486. The maximum absolute atomic E-state index is 12.1. The second-order valence-corrected chi connectivity index (χ2v) is 6.30. The van der Waals surface area contributed by atoms with Crippen molar-refractivity contribution in [2.45, 2.75) is 12.1 Å². The van der Waals surface area contributed by atoms with Crippen molar-refractivity contribution in [2.24, 2.45) is 0 Å². The first kappa shape index (κ1) is 22.3. The van der Waals surface area contributed by atoms with Crippen LogP contribution in [0.2, 0.25) is 0 Å². The topological polar surface area (TPSA) is 53.6 Å². The van der Waals surface area contributed by atoms with Gasteiger partial charge in [-0.25, -0.2) is 0 Å². The molecule has 1 fully saturated rings. The maximum Gasteiger partial charge on any atom is 0.238 e. The van der Waals surface area contributed by atoms with E-state index < -0.39 is 0 Å². The zero-order chi connectivity index (χ0) is 15.2. The van der Waals surface area contributed by atoms with Crippen molar-refractivity contribution in [2.75, 3.05) is 39.4 Å². The van der Waals surface area contributed by atoms with Gasteiger partial charge < -0.3 is 15.0 Å². The van der Waals surface area contributed by atoms with Crippen LogP contribution in [-0.2, 0) is 4.79 Å². The molecule has 1 heterocycles. The van der Waals surface area contributed by atoms with E-state index in [9.17, 15) is 4.79 Å². The van der Waals surface area contributed by atoms with Gasteiger partial charge in [-0.05, 0) is 31.8 Å². The summed E-state index contributed by atoms with van der Waals surface area (Å²) in [6.07, 6.45) is 0. The minimum Gasteiger partial charge on any atom is -0.497 e. The Hall–Kier alpha value is -0.660. The van der Waals surface area contributed by atoms with E-state index in [1.54, 1.807) is 18.9 Å². The normalized spacial score (nSPS) is 17.8. The van der Waals surface area contributed by atoms with Crippen LogP contribution in [0.5, 0.6) is 5.75 Å². The zero-order valence-electron chi connectivity index (χ0n) is 13.6. The van der Waals surface area contributed by atoms with Gasteiger partial charge in [0.15, 0.2) is 0 Å². The Balaban J connectivity index is 0.00000242. The predicted octanol–water partition coefficient (Wildman–Crippen LogP) is 1.92. The van der Waals surface area contributed by atoms with Crippen molar-refractivity contribution >= 4 is 42.5 Å². The van der Waals surface area contributed by atoms with Crippen LogP contribution in [-0.4, -0.2) is 56.2 Å². The molecule has 2 unspecified atom stereocenters. The molecule has 0 radical (unpaired) electrons. The van der Waals surface area contributed by atoms with E-state index in [-0.39, 0.29) is 42.8 Å². The summed E-state index contributed by atoms with van der Waals surface area (Å²) < 4.78 is 5.27. The molecule has 0 aliphatic carbocycles. The number of halogens is 2. The number of methoxy groups -OCH3 is 1. The van der Waals surface area contributed by atoms with Gasteiger partial charge in [0.05, 0.1) is 19.2 Å². The third-order valence-electron chi connectivity index (χ3n) is 3.60. The largest absolute Gasteiger partial charge is 0.497 e. The molecular weight excluding hydrogens is 357 g/mol. The fourth-order valence-corrected chi connectivity index (χ4v) is 3.27. The second kappa shape index (κ2) is 11.0. The number of carbonyl (C=O) groups excluding carboxylic acids is 1. The Morgan fingerprint density at radius 3 is 2.78 bits per heavy atom. The summed E-state index contributed by atoms with van der Waals surface area (Å²) in [5.41, 5.74) is 1.13. The third kappa shape index (κ3) is 6.39. The van der Waals surface area contributed by atoms with Crippen molar-refractivity contribution < 1.29 is 9.53 Å². The lowest BCUT2D eigenvalue weighted by atomic mass is 10.1. The monoisotopic (exact) mass is 381 g/mol. The smallest absolute Gasteiger partial charge is 0.238 e. The molecule has 0 aromatic heterocycles. The summed E-state index contributed by atoms with van der Waals surface area (Å²) in [5.74, 6) is 2.61. The molecule has 1 aliphatic heterocycles. The van der Waals surface area contributed by atoms with Crippen LogP contribution in [0.25, 0.3) is 0 Å². The fourth-order valence-electron chi connectivity index (χ4n) is 2.33. The van der Waals surface area contributed by atoms with Crippen molar-refractivity contribution in [1.29, 1.82) is 0 Å². The van der Waals surface area contributed by atoms with Gasteiger partial charge >= 0.3 is 0 Å². The third-order valence-corrected chi connectivity index (χ3v) is 4.54. The number of amides is 1. The first-order chi connectivity index (χ1) is 10.1. The average Bonchev–Trinajstić information content (AvgIpc) is 3.01. The van der Waals surface area contributed by atoms with Gasteiger partial charge in [-0.15, -0.1) is 36.6 Å². The predicted molar refractivity (Wildman–Crippen MR) is 101 cm³/mol. The first-order valence-corrected chi connectivity index (χ1v) is 8.16. The average molecular weight is 382 g/mol. The number of nitrogens with one attached hydrogen (secondary N) is 2. The molecule has 0 spiro atoms. The lowest BCUT2D eigenvalue weighted by molar-refractivity contribution is -0.122. The Labute approximate surface area is 154 Å². The summed E-state index contributed by atoms with van der Waals surface area (Å²) in [6.45, 7) is 0.585. The van der Waals surface area contributed by atoms with Crippen LogP contribution >= 0.6 is 36.6 Å². The number of hydrogen-bond acceptors (Lipinski definition) is 5. The van der Waals surface area contributed by atoms with Gasteiger partial charge in [-0.3, -0.25) is 10.1 Å². The molecule has 1 saturated heterocycles. The summed E-state index contributed by atoms with van der Waals surface area (Å²) >= 11 is 1.75. The maximum atomic E-state index is 12.1. The molecule has 1 amide bonds. The van der Waals surface area contributed by atoms with Crippen LogP contribution in [0.4, 0.5) is 0 Å². The van der Waals surface area contributed by atoms with Gasteiger partial charge in [0, 0.05) is 18.2 Å². The van der Waals surface area contributed by atoms with Gasteiger partial charge in [0.2, 0.25) is 5.91 Å². The van der Waals surface area contributed by atoms with Crippen molar-refractivity contribution in [3.8, 4) is 5.75 Å². The number of carbonyl (C=O) groups is 1. The van der Waals surface area contributed by atoms with E-state index >= 15 is 0 Å². The SMILES string of the molecule is COc1cccc(C(CNC(=O)C2CSCN2)N(C)C)c1.Cl.Cl. The van der Waals surface area contributed by atoms with Crippen LogP contribution < -0.4 is 15.4 Å². The van der Waals surface area contributed by atoms with Crippen molar-refractivity contribution in [3.63, 3.8) is 0 Å². The Morgan fingerprint density at radius 1 is 1.48 bits per heavy atom. The standard InChI is InChI=1S/C15H23N3O2S.2ClH/c1-18(2)14(11-5-4-6-12(7-11)20-3)8-16-15(19)13-9-21-10-17-13;;/h4-7,13-14,17H,8-10H2,1-3H3,(H,16,19);2*1H. The van der Waals surface area contributed by atoms with Gasteiger partial charge in [0.25, 0.3) is 0 Å². The molecular formula is C15H25Cl2N3O2S. The molecule has 1 aromatic carbocycles. The summed E-state index contributed by atoms with van der Waals surface area (Å²) in [4.78, 5) is 14.2. The molecule has 8 heteroatoms. The quantitative estimate of drug-likeness (QED) is 0.788. The first-order valence-electron chi connectivity index (χ1n) is 7.01. The Morgan fingerprint density at radius 2 is 2.22 bits per heavy atom. The molecule has 0 saturated carbocycles. The molecule has 132 valence electrons. The van der Waals surface area contributed by atoms with Crippen molar-refractivity contribution in [3.05, 3.63) is 29.8 Å². The Kier molecular flexibility index (Phi) is 10.7. The molecule has 5 nitrogen and oxygen atoms in total. The van der Waals surface area contributed by atoms with E-state index in [2.05, 4.69) is 21.6 Å². The van der Waals surface area contributed by atoms with Crippen LogP contribution in [0.3, 0.4) is 0 Å². The minimum absolute atomic E-state index is 0. The molecule has 23 heavy (non-hydrogen) atoms. The summed E-state index contributed by atoms with van der Waals surface area (Å²) in [7, 11) is 5.69. The van der Waals surface area contributed by atoms with Gasteiger partial charge in [0.1, 0.15) is 5.75 Å². The number of likely N-dealkylation sites (N-methyl/N-ethyl adjacent to an activating group) is 1. The zero-order valence-corrected chi connectivity index (χ0v) is 16.0. The van der Waals surface area contributed by atoms with E-state index in [0.29, 0.717) is 6.54 Å². The molecule has 2 rings (SSSR count). The van der Waals surface area contributed by atoms with Gasteiger partial charge in [-0.1, -0.05) is 12.1 Å². The number of benzene rings is 1.